The zero-order valence-corrected chi connectivity index (χ0v) is 8.94. The van der Waals surface area contributed by atoms with Crippen molar-refractivity contribution in [3.05, 3.63) is 0 Å². The van der Waals surface area contributed by atoms with E-state index in [0.29, 0.717) is 18.7 Å². The van der Waals surface area contributed by atoms with E-state index < -0.39 is 0 Å². The molecule has 0 aromatic rings. The van der Waals surface area contributed by atoms with Gasteiger partial charge in [0.1, 0.15) is 0 Å². The number of hydrogen-bond acceptors (Lipinski definition) is 3. The molecule has 0 aliphatic rings. The summed E-state index contributed by atoms with van der Waals surface area (Å²) in [5.74, 6) is -0.295. The van der Waals surface area contributed by atoms with Crippen molar-refractivity contribution in [1.29, 1.82) is 5.41 Å². The molecule has 0 saturated heterocycles. The van der Waals surface area contributed by atoms with Crippen molar-refractivity contribution in [2.24, 2.45) is 5.41 Å². The van der Waals surface area contributed by atoms with Crippen molar-refractivity contribution in [2.75, 3.05) is 6.61 Å². The molecule has 0 aromatic heterocycles. The first-order valence-electron chi connectivity index (χ1n) is 4.57. The van der Waals surface area contributed by atoms with Crippen molar-refractivity contribution in [3.8, 4) is 0 Å². The minimum absolute atomic E-state index is 0.0730. The fraction of sp³-hybridized carbons (Fsp3) is 0.800. The summed E-state index contributed by atoms with van der Waals surface area (Å²) in [6.45, 7) is 8.30. The number of nitrogens with one attached hydrogen (secondary N) is 1. The third kappa shape index (κ3) is 7.50. The molecule has 0 aliphatic carbocycles. The van der Waals surface area contributed by atoms with Gasteiger partial charge in [-0.05, 0) is 18.8 Å². The topological polar surface area (TPSA) is 50.2 Å². The summed E-state index contributed by atoms with van der Waals surface area (Å²) in [4.78, 5) is 11.0. The lowest BCUT2D eigenvalue weighted by Gasteiger charge is -2.17. The summed E-state index contributed by atoms with van der Waals surface area (Å²) >= 11 is 0. The fourth-order valence-electron chi connectivity index (χ4n) is 1.09. The van der Waals surface area contributed by atoms with Gasteiger partial charge in [0.25, 0.3) is 0 Å². The van der Waals surface area contributed by atoms with E-state index in [9.17, 15) is 4.79 Å². The lowest BCUT2D eigenvalue weighted by molar-refractivity contribution is -0.141. The summed E-state index contributed by atoms with van der Waals surface area (Å²) in [5.41, 5.74) is 0.523. The Balaban J connectivity index is 3.82. The van der Waals surface area contributed by atoms with E-state index in [0.717, 1.165) is 0 Å². The van der Waals surface area contributed by atoms with Crippen LogP contribution < -0.4 is 0 Å². The van der Waals surface area contributed by atoms with Crippen LogP contribution in [0.3, 0.4) is 0 Å². The molecular weight excluding hydrogens is 166 g/mol. The third-order valence-electron chi connectivity index (χ3n) is 1.41. The van der Waals surface area contributed by atoms with Crippen molar-refractivity contribution >= 4 is 11.7 Å². The zero-order chi connectivity index (χ0) is 10.5. The summed E-state index contributed by atoms with van der Waals surface area (Å²) in [5, 5.41) is 7.55. The molecule has 0 rings (SSSR count). The van der Waals surface area contributed by atoms with E-state index in [2.05, 4.69) is 0 Å². The maximum atomic E-state index is 11.0. The van der Waals surface area contributed by atoms with Gasteiger partial charge in [-0.15, -0.1) is 0 Å². The number of esters is 1. The van der Waals surface area contributed by atoms with Crippen LogP contribution in [-0.4, -0.2) is 18.3 Å². The number of hydrogen-bond donors (Lipinski definition) is 1. The van der Waals surface area contributed by atoms with Crippen molar-refractivity contribution in [2.45, 2.75) is 40.5 Å². The zero-order valence-electron chi connectivity index (χ0n) is 8.94. The summed E-state index contributed by atoms with van der Waals surface area (Å²) in [7, 11) is 0. The Labute approximate surface area is 80.0 Å². The van der Waals surface area contributed by atoms with Crippen LogP contribution in [0.15, 0.2) is 0 Å². The molecule has 0 fully saturated rings. The van der Waals surface area contributed by atoms with E-state index in [4.69, 9.17) is 10.1 Å². The Morgan fingerprint density at radius 3 is 2.31 bits per heavy atom. The molecule has 0 heterocycles. The predicted octanol–water partition coefficient (Wildman–Crippen LogP) is 2.40. The van der Waals surface area contributed by atoms with Gasteiger partial charge < -0.3 is 10.1 Å². The Morgan fingerprint density at radius 2 is 1.92 bits per heavy atom. The highest BCUT2D eigenvalue weighted by atomic mass is 16.5. The number of rotatable bonds is 4. The van der Waals surface area contributed by atoms with Crippen LogP contribution in [0.4, 0.5) is 0 Å². The standard InChI is InChI=1S/C10H19NO2/c1-5-13-9(12)6-8(11)7-10(2,3)4/h11H,5-7H2,1-4H3. The largest absolute Gasteiger partial charge is 0.466 e. The van der Waals surface area contributed by atoms with Crippen LogP contribution in [0, 0.1) is 10.8 Å². The second-order valence-electron chi connectivity index (χ2n) is 4.32. The molecule has 13 heavy (non-hydrogen) atoms. The lowest BCUT2D eigenvalue weighted by atomic mass is 9.89. The third-order valence-corrected chi connectivity index (χ3v) is 1.41. The molecule has 3 heteroatoms. The Bertz CT molecular complexity index is 192. The van der Waals surface area contributed by atoms with Gasteiger partial charge in [-0.1, -0.05) is 20.8 Å². The monoisotopic (exact) mass is 185 g/mol. The van der Waals surface area contributed by atoms with Crippen LogP contribution in [-0.2, 0) is 9.53 Å². The average molecular weight is 185 g/mol. The molecule has 0 aromatic carbocycles. The minimum Gasteiger partial charge on any atom is -0.466 e. The van der Waals surface area contributed by atoms with Crippen LogP contribution >= 0.6 is 0 Å². The van der Waals surface area contributed by atoms with Gasteiger partial charge in [-0.3, -0.25) is 4.79 Å². The van der Waals surface area contributed by atoms with E-state index in [1.807, 2.05) is 20.8 Å². The SMILES string of the molecule is CCOC(=O)CC(=N)CC(C)(C)C. The normalized spacial score (nSPS) is 11.1. The number of carbonyl (C=O) groups is 1. The first-order chi connectivity index (χ1) is 5.85. The highest BCUT2D eigenvalue weighted by molar-refractivity contribution is 5.97. The first kappa shape index (κ1) is 12.1. The highest BCUT2D eigenvalue weighted by Gasteiger charge is 2.15. The molecule has 3 nitrogen and oxygen atoms in total. The minimum atomic E-state index is -0.295. The Morgan fingerprint density at radius 1 is 1.38 bits per heavy atom. The smallest absolute Gasteiger partial charge is 0.311 e. The van der Waals surface area contributed by atoms with E-state index in [-0.39, 0.29) is 17.8 Å². The van der Waals surface area contributed by atoms with Gasteiger partial charge in [0.15, 0.2) is 0 Å². The highest BCUT2D eigenvalue weighted by Crippen LogP contribution is 2.19. The first-order valence-corrected chi connectivity index (χ1v) is 4.57. The van der Waals surface area contributed by atoms with Gasteiger partial charge in [-0.2, -0.15) is 0 Å². The molecule has 0 atom stereocenters. The maximum Gasteiger partial charge on any atom is 0.311 e. The molecule has 0 bridgehead atoms. The molecule has 0 radical (unpaired) electrons. The number of ether oxygens (including phenoxy) is 1. The van der Waals surface area contributed by atoms with E-state index in [1.54, 1.807) is 6.92 Å². The molecule has 0 saturated carbocycles. The van der Waals surface area contributed by atoms with Crippen molar-refractivity contribution < 1.29 is 9.53 Å². The molecule has 0 unspecified atom stereocenters. The van der Waals surface area contributed by atoms with E-state index in [1.165, 1.54) is 0 Å². The second-order valence-corrected chi connectivity index (χ2v) is 4.32. The summed E-state index contributed by atoms with van der Waals surface area (Å²) in [6, 6.07) is 0. The molecule has 76 valence electrons. The Hall–Kier alpha value is -0.860. The Kier molecular flexibility index (Phi) is 4.67. The van der Waals surface area contributed by atoms with Gasteiger partial charge >= 0.3 is 5.97 Å². The van der Waals surface area contributed by atoms with Gasteiger partial charge in [0.2, 0.25) is 0 Å². The average Bonchev–Trinajstić information content (AvgIpc) is 1.81. The van der Waals surface area contributed by atoms with Gasteiger partial charge in [0, 0.05) is 5.71 Å². The van der Waals surface area contributed by atoms with Crippen LogP contribution in [0.1, 0.15) is 40.5 Å². The van der Waals surface area contributed by atoms with Gasteiger partial charge in [-0.25, -0.2) is 0 Å². The van der Waals surface area contributed by atoms with Crippen LogP contribution in [0.5, 0.6) is 0 Å². The number of carbonyl (C=O) groups excluding carboxylic acids is 1. The van der Waals surface area contributed by atoms with Crippen LogP contribution in [0.2, 0.25) is 0 Å². The maximum absolute atomic E-state index is 11.0. The predicted molar refractivity (Wildman–Crippen MR) is 53.0 cm³/mol. The molecule has 0 amide bonds. The molecule has 0 aliphatic heterocycles. The molecule has 0 spiro atoms. The summed E-state index contributed by atoms with van der Waals surface area (Å²) < 4.78 is 4.75. The molecular formula is C10H19NO2. The lowest BCUT2D eigenvalue weighted by Crippen LogP contribution is -2.16. The quantitative estimate of drug-likeness (QED) is 0.540. The van der Waals surface area contributed by atoms with Crippen LogP contribution in [0.25, 0.3) is 0 Å². The second kappa shape index (κ2) is 5.00. The van der Waals surface area contributed by atoms with Crippen molar-refractivity contribution in [3.63, 3.8) is 0 Å². The summed E-state index contributed by atoms with van der Waals surface area (Å²) in [6.07, 6.45) is 0.775. The van der Waals surface area contributed by atoms with Crippen molar-refractivity contribution in [1.82, 2.24) is 0 Å². The van der Waals surface area contributed by atoms with Gasteiger partial charge in [0.05, 0.1) is 13.0 Å². The fourth-order valence-corrected chi connectivity index (χ4v) is 1.09. The van der Waals surface area contributed by atoms with E-state index >= 15 is 0 Å². The molecule has 1 N–H and O–H groups in total.